The number of hydrogen-bond donors (Lipinski definition) is 2. The van der Waals surface area contributed by atoms with Crippen LogP contribution >= 0.6 is 0 Å². The van der Waals surface area contributed by atoms with E-state index in [0.717, 1.165) is 6.07 Å². The van der Waals surface area contributed by atoms with Crippen LogP contribution in [0.25, 0.3) is 0 Å². The predicted molar refractivity (Wildman–Crippen MR) is 68.9 cm³/mol. The molecule has 2 aromatic carbocycles. The number of anilines is 1. The molecule has 0 aliphatic rings. The van der Waals surface area contributed by atoms with Crippen molar-refractivity contribution in [3.05, 3.63) is 53.8 Å². The molecular formula is C14H12FNO3. The van der Waals surface area contributed by atoms with E-state index in [0.29, 0.717) is 5.69 Å². The monoisotopic (exact) mass is 261 g/mol. The third-order valence-electron chi connectivity index (χ3n) is 2.72. The number of rotatable bonds is 2. The number of benzene rings is 2. The zero-order chi connectivity index (χ0) is 14.0. The maximum absolute atomic E-state index is 13.1. The van der Waals surface area contributed by atoms with Crippen molar-refractivity contribution in [2.24, 2.45) is 0 Å². The summed E-state index contributed by atoms with van der Waals surface area (Å²) in [5, 5.41) is 18.6. The summed E-state index contributed by atoms with van der Waals surface area (Å²) >= 11 is 0. The van der Waals surface area contributed by atoms with Crippen molar-refractivity contribution < 1.29 is 19.4 Å². The minimum atomic E-state index is -0.439. The Morgan fingerprint density at radius 3 is 2.47 bits per heavy atom. The third-order valence-corrected chi connectivity index (χ3v) is 2.72. The van der Waals surface area contributed by atoms with Gasteiger partial charge in [0.2, 0.25) is 0 Å². The van der Waals surface area contributed by atoms with Gasteiger partial charge in [0.15, 0.2) is 11.5 Å². The van der Waals surface area contributed by atoms with Gasteiger partial charge in [-0.05, 0) is 36.4 Å². The van der Waals surface area contributed by atoms with Crippen LogP contribution in [0.5, 0.6) is 11.5 Å². The Balaban J connectivity index is 2.30. The van der Waals surface area contributed by atoms with Crippen LogP contribution in [0.1, 0.15) is 10.4 Å². The predicted octanol–water partition coefficient (Wildman–Crippen LogP) is 2.51. The van der Waals surface area contributed by atoms with E-state index in [4.69, 9.17) is 0 Å². The van der Waals surface area contributed by atoms with Gasteiger partial charge in [-0.2, -0.15) is 0 Å². The van der Waals surface area contributed by atoms with Crippen molar-refractivity contribution in [2.75, 3.05) is 11.9 Å². The first-order valence-electron chi connectivity index (χ1n) is 5.54. The lowest BCUT2D eigenvalue weighted by molar-refractivity contribution is 0.0992. The first-order chi connectivity index (χ1) is 8.99. The second-order valence-electron chi connectivity index (χ2n) is 4.05. The maximum Gasteiger partial charge on any atom is 0.258 e. The lowest BCUT2D eigenvalue weighted by Crippen LogP contribution is -2.26. The number of carbonyl (C=O) groups is 1. The molecule has 0 aliphatic carbocycles. The Hall–Kier alpha value is -2.56. The Bertz CT molecular complexity index is 628. The lowest BCUT2D eigenvalue weighted by Gasteiger charge is -2.17. The smallest absolute Gasteiger partial charge is 0.258 e. The fraction of sp³-hybridized carbons (Fsp3) is 0.0714. The molecule has 19 heavy (non-hydrogen) atoms. The molecule has 0 unspecified atom stereocenters. The van der Waals surface area contributed by atoms with Crippen LogP contribution in [0.4, 0.5) is 10.1 Å². The molecule has 0 aliphatic heterocycles. The minimum Gasteiger partial charge on any atom is -0.504 e. The Kier molecular flexibility index (Phi) is 3.37. The van der Waals surface area contributed by atoms with Crippen molar-refractivity contribution >= 4 is 11.6 Å². The Morgan fingerprint density at radius 1 is 1.11 bits per heavy atom. The third kappa shape index (κ3) is 2.65. The number of aromatic hydroxyl groups is 2. The van der Waals surface area contributed by atoms with E-state index in [-0.39, 0.29) is 17.1 Å². The van der Waals surface area contributed by atoms with Crippen molar-refractivity contribution in [2.45, 2.75) is 0 Å². The van der Waals surface area contributed by atoms with Crippen molar-refractivity contribution in [1.82, 2.24) is 0 Å². The van der Waals surface area contributed by atoms with E-state index >= 15 is 0 Å². The summed E-state index contributed by atoms with van der Waals surface area (Å²) in [4.78, 5) is 13.4. The number of phenolic OH excluding ortho intramolecular Hbond substituents is 2. The van der Waals surface area contributed by atoms with E-state index < -0.39 is 11.7 Å². The second-order valence-corrected chi connectivity index (χ2v) is 4.05. The van der Waals surface area contributed by atoms with Gasteiger partial charge in [0.05, 0.1) is 0 Å². The number of halogens is 1. The molecule has 4 nitrogen and oxygen atoms in total. The van der Waals surface area contributed by atoms with Crippen LogP contribution in [0, 0.1) is 5.82 Å². The zero-order valence-electron chi connectivity index (χ0n) is 10.2. The van der Waals surface area contributed by atoms with E-state index in [9.17, 15) is 19.4 Å². The van der Waals surface area contributed by atoms with E-state index in [1.807, 2.05) is 0 Å². The molecule has 0 radical (unpaired) electrons. The van der Waals surface area contributed by atoms with Gasteiger partial charge in [0.1, 0.15) is 5.82 Å². The summed E-state index contributed by atoms with van der Waals surface area (Å²) < 4.78 is 13.1. The van der Waals surface area contributed by atoms with E-state index in [1.54, 1.807) is 6.07 Å². The standard InChI is InChI=1S/C14H12FNO3/c1-16(11-4-2-3-10(15)8-11)14(19)9-5-6-12(17)13(18)7-9/h2-8,17-18H,1H3. The van der Waals surface area contributed by atoms with E-state index in [2.05, 4.69) is 0 Å². The molecular weight excluding hydrogens is 249 g/mol. The molecule has 0 saturated carbocycles. The van der Waals surface area contributed by atoms with Gasteiger partial charge in [-0.25, -0.2) is 4.39 Å². The molecule has 5 heteroatoms. The molecule has 98 valence electrons. The molecule has 0 atom stereocenters. The van der Waals surface area contributed by atoms with Crippen molar-refractivity contribution in [3.63, 3.8) is 0 Å². The molecule has 2 rings (SSSR count). The van der Waals surface area contributed by atoms with Gasteiger partial charge < -0.3 is 15.1 Å². The van der Waals surface area contributed by atoms with Gasteiger partial charge in [0.25, 0.3) is 5.91 Å². The summed E-state index contributed by atoms with van der Waals surface area (Å²) in [5.41, 5.74) is 0.597. The van der Waals surface area contributed by atoms with E-state index in [1.165, 1.54) is 42.3 Å². The Morgan fingerprint density at radius 2 is 1.84 bits per heavy atom. The van der Waals surface area contributed by atoms with Crippen LogP contribution < -0.4 is 4.90 Å². The van der Waals surface area contributed by atoms with Crippen LogP contribution in [0.15, 0.2) is 42.5 Å². The lowest BCUT2D eigenvalue weighted by atomic mass is 10.1. The highest BCUT2D eigenvalue weighted by Crippen LogP contribution is 2.26. The van der Waals surface area contributed by atoms with Crippen molar-refractivity contribution in [3.8, 4) is 11.5 Å². The fourth-order valence-corrected chi connectivity index (χ4v) is 1.65. The summed E-state index contributed by atoms with van der Waals surface area (Å²) in [6.07, 6.45) is 0. The average Bonchev–Trinajstić information content (AvgIpc) is 2.40. The van der Waals surface area contributed by atoms with Crippen LogP contribution in [-0.4, -0.2) is 23.2 Å². The average molecular weight is 261 g/mol. The molecule has 2 aromatic rings. The molecule has 0 saturated heterocycles. The summed E-state index contributed by atoms with van der Waals surface area (Å²) in [7, 11) is 1.50. The topological polar surface area (TPSA) is 60.8 Å². The van der Waals surface area contributed by atoms with Crippen LogP contribution in [-0.2, 0) is 0 Å². The number of amides is 1. The highest BCUT2D eigenvalue weighted by atomic mass is 19.1. The Labute approximate surface area is 109 Å². The minimum absolute atomic E-state index is 0.196. The van der Waals surface area contributed by atoms with Gasteiger partial charge in [-0.3, -0.25) is 4.79 Å². The largest absolute Gasteiger partial charge is 0.504 e. The van der Waals surface area contributed by atoms with Crippen LogP contribution in [0.3, 0.4) is 0 Å². The highest BCUT2D eigenvalue weighted by molar-refractivity contribution is 6.06. The maximum atomic E-state index is 13.1. The number of hydrogen-bond acceptors (Lipinski definition) is 3. The molecule has 2 N–H and O–H groups in total. The van der Waals surface area contributed by atoms with Gasteiger partial charge in [-0.15, -0.1) is 0 Å². The normalized spacial score (nSPS) is 10.2. The van der Waals surface area contributed by atoms with Gasteiger partial charge in [-0.1, -0.05) is 6.07 Å². The molecule has 0 bridgehead atoms. The summed E-state index contributed by atoms with van der Waals surface area (Å²) in [5.74, 6) is -1.53. The first-order valence-corrected chi connectivity index (χ1v) is 5.54. The zero-order valence-corrected chi connectivity index (χ0v) is 10.2. The summed E-state index contributed by atoms with van der Waals surface area (Å²) in [6.45, 7) is 0. The number of nitrogens with zero attached hydrogens (tertiary/aromatic N) is 1. The van der Waals surface area contributed by atoms with Gasteiger partial charge >= 0.3 is 0 Å². The molecule has 1 amide bonds. The van der Waals surface area contributed by atoms with Crippen LogP contribution in [0.2, 0.25) is 0 Å². The molecule has 0 fully saturated rings. The molecule has 0 heterocycles. The fourth-order valence-electron chi connectivity index (χ4n) is 1.65. The van der Waals surface area contributed by atoms with Gasteiger partial charge in [0, 0.05) is 18.3 Å². The molecule has 0 aromatic heterocycles. The second kappa shape index (κ2) is 4.97. The number of phenols is 2. The summed E-state index contributed by atoms with van der Waals surface area (Å²) in [6, 6.07) is 9.39. The quantitative estimate of drug-likeness (QED) is 0.816. The first kappa shape index (κ1) is 12.9. The number of carbonyl (C=O) groups excluding carboxylic acids is 1. The SMILES string of the molecule is CN(C(=O)c1ccc(O)c(O)c1)c1cccc(F)c1. The molecule has 0 spiro atoms. The highest BCUT2D eigenvalue weighted by Gasteiger charge is 2.15. The van der Waals surface area contributed by atoms with Crippen molar-refractivity contribution in [1.29, 1.82) is 0 Å².